The predicted molar refractivity (Wildman–Crippen MR) is 63.3 cm³/mol. The van der Waals surface area contributed by atoms with Gasteiger partial charge in [-0.25, -0.2) is 0 Å². The molecule has 1 aromatic heterocycles. The lowest BCUT2D eigenvalue weighted by Crippen LogP contribution is -2.06. The van der Waals surface area contributed by atoms with Crippen LogP contribution in [0.15, 0.2) is 12.3 Å². The van der Waals surface area contributed by atoms with Gasteiger partial charge < -0.3 is 4.79 Å². The average Bonchev–Trinajstić information content (AvgIpc) is 2.95. The van der Waals surface area contributed by atoms with Crippen molar-refractivity contribution in [1.82, 2.24) is 9.78 Å². The Morgan fingerprint density at radius 2 is 2.31 bits per heavy atom. The predicted octanol–water partition coefficient (Wildman–Crippen LogP) is 2.77. The van der Waals surface area contributed by atoms with Crippen LogP contribution in [0, 0.1) is 5.92 Å². The van der Waals surface area contributed by atoms with Crippen LogP contribution in [0.2, 0.25) is 0 Å². The topological polar surface area (TPSA) is 34.9 Å². The molecule has 1 unspecified atom stereocenters. The van der Waals surface area contributed by atoms with Crippen molar-refractivity contribution in [3.05, 3.63) is 18.0 Å². The van der Waals surface area contributed by atoms with Crippen LogP contribution in [0.4, 0.5) is 0 Å². The summed E-state index contributed by atoms with van der Waals surface area (Å²) < 4.78 is 2.12. The fourth-order valence-electron chi connectivity index (χ4n) is 2.33. The summed E-state index contributed by atoms with van der Waals surface area (Å²) in [7, 11) is 0. The number of hydrogen-bond donors (Lipinski definition) is 0. The zero-order valence-corrected chi connectivity index (χ0v) is 9.93. The number of nitrogens with zero attached hydrogens (tertiary/aromatic N) is 2. The Morgan fingerprint density at radius 3 is 3.00 bits per heavy atom. The minimum absolute atomic E-state index is 0.150. The average molecular weight is 220 g/mol. The summed E-state index contributed by atoms with van der Waals surface area (Å²) in [5, 5.41) is 4.60. The van der Waals surface area contributed by atoms with Crippen molar-refractivity contribution in [1.29, 1.82) is 0 Å². The van der Waals surface area contributed by atoms with Gasteiger partial charge in [0.2, 0.25) is 0 Å². The Morgan fingerprint density at radius 1 is 1.56 bits per heavy atom. The van der Waals surface area contributed by atoms with Crippen LogP contribution in [0.1, 0.15) is 50.8 Å². The van der Waals surface area contributed by atoms with Gasteiger partial charge in [0.1, 0.15) is 6.29 Å². The second-order valence-electron chi connectivity index (χ2n) is 4.88. The summed E-state index contributed by atoms with van der Waals surface area (Å²) in [6, 6.07) is 2.72. The van der Waals surface area contributed by atoms with E-state index in [0.717, 1.165) is 24.8 Å². The largest absolute Gasteiger partial charge is 0.303 e. The summed E-state index contributed by atoms with van der Waals surface area (Å²) in [4.78, 5) is 10.5. The minimum atomic E-state index is 0.150. The van der Waals surface area contributed by atoms with E-state index in [0.29, 0.717) is 6.04 Å². The molecule has 0 aromatic carbocycles. The number of carbonyl (C=O) groups is 1. The smallest absolute Gasteiger partial charge is 0.122 e. The number of aldehydes is 1. The first-order valence-corrected chi connectivity index (χ1v) is 6.29. The van der Waals surface area contributed by atoms with Crippen molar-refractivity contribution in [3.63, 3.8) is 0 Å². The molecule has 0 bridgehead atoms. The van der Waals surface area contributed by atoms with Gasteiger partial charge in [0, 0.05) is 12.1 Å². The standard InChI is InChI=1S/C13H20N2O/c1-11(10-16)6-7-12-8-9-15(14-12)13-4-2-3-5-13/h8-11,13H,2-7H2,1H3. The highest BCUT2D eigenvalue weighted by Crippen LogP contribution is 2.28. The molecule has 1 heterocycles. The molecule has 1 aliphatic carbocycles. The molecule has 1 fully saturated rings. The molecule has 1 atom stereocenters. The highest BCUT2D eigenvalue weighted by Gasteiger charge is 2.17. The molecule has 2 rings (SSSR count). The van der Waals surface area contributed by atoms with E-state index in [2.05, 4.69) is 22.0 Å². The van der Waals surface area contributed by atoms with Gasteiger partial charge in [0.15, 0.2) is 0 Å². The lowest BCUT2D eigenvalue weighted by Gasteiger charge is -2.08. The van der Waals surface area contributed by atoms with E-state index in [4.69, 9.17) is 0 Å². The monoisotopic (exact) mass is 220 g/mol. The molecule has 3 nitrogen and oxygen atoms in total. The van der Waals surface area contributed by atoms with Gasteiger partial charge in [-0.3, -0.25) is 4.68 Å². The summed E-state index contributed by atoms with van der Waals surface area (Å²) in [6.07, 6.45) is 10.2. The van der Waals surface area contributed by atoms with Gasteiger partial charge >= 0.3 is 0 Å². The first-order valence-electron chi connectivity index (χ1n) is 6.29. The van der Waals surface area contributed by atoms with Crippen molar-refractivity contribution < 1.29 is 4.79 Å². The van der Waals surface area contributed by atoms with E-state index < -0.39 is 0 Å². The first kappa shape index (κ1) is 11.4. The third kappa shape index (κ3) is 2.71. The number of hydrogen-bond acceptors (Lipinski definition) is 2. The van der Waals surface area contributed by atoms with Crippen LogP contribution in [0.5, 0.6) is 0 Å². The molecule has 0 amide bonds. The number of carbonyl (C=O) groups excluding carboxylic acids is 1. The maximum Gasteiger partial charge on any atom is 0.122 e. The van der Waals surface area contributed by atoms with Gasteiger partial charge in [-0.05, 0) is 31.7 Å². The van der Waals surface area contributed by atoms with Crippen molar-refractivity contribution in [2.24, 2.45) is 5.92 Å². The lowest BCUT2D eigenvalue weighted by atomic mass is 10.1. The SMILES string of the molecule is CC(C=O)CCc1ccn(C2CCCC2)n1. The molecule has 1 saturated carbocycles. The van der Waals surface area contributed by atoms with Gasteiger partial charge in [0.05, 0.1) is 11.7 Å². The summed E-state index contributed by atoms with van der Waals surface area (Å²) in [5.74, 6) is 0.150. The second kappa shape index (κ2) is 5.28. The summed E-state index contributed by atoms with van der Waals surface area (Å²) >= 11 is 0. The molecule has 0 saturated heterocycles. The molecule has 16 heavy (non-hydrogen) atoms. The zero-order valence-electron chi connectivity index (χ0n) is 9.93. The Labute approximate surface area is 96.8 Å². The molecule has 0 radical (unpaired) electrons. The zero-order chi connectivity index (χ0) is 11.4. The molecule has 0 N–H and O–H groups in total. The Kier molecular flexibility index (Phi) is 3.75. The van der Waals surface area contributed by atoms with Crippen molar-refractivity contribution >= 4 is 6.29 Å². The number of rotatable bonds is 5. The van der Waals surface area contributed by atoms with Crippen molar-refractivity contribution in [3.8, 4) is 0 Å². The highest BCUT2D eigenvalue weighted by molar-refractivity contribution is 5.52. The molecule has 1 aromatic rings. The van der Waals surface area contributed by atoms with Gasteiger partial charge in [-0.2, -0.15) is 5.10 Å². The third-order valence-electron chi connectivity index (χ3n) is 3.45. The van der Waals surface area contributed by atoms with Gasteiger partial charge in [0.25, 0.3) is 0 Å². The molecule has 1 aliphatic rings. The van der Waals surface area contributed by atoms with Crippen molar-refractivity contribution in [2.75, 3.05) is 0 Å². The Hall–Kier alpha value is -1.12. The van der Waals surface area contributed by atoms with Crippen LogP contribution >= 0.6 is 0 Å². The third-order valence-corrected chi connectivity index (χ3v) is 3.45. The fraction of sp³-hybridized carbons (Fsp3) is 0.692. The van der Waals surface area contributed by atoms with E-state index in [-0.39, 0.29) is 5.92 Å². The molecule has 0 spiro atoms. The fourth-order valence-corrected chi connectivity index (χ4v) is 2.33. The normalized spacial score (nSPS) is 18.8. The van der Waals surface area contributed by atoms with Crippen LogP contribution in [0.3, 0.4) is 0 Å². The van der Waals surface area contributed by atoms with E-state index >= 15 is 0 Å². The van der Waals surface area contributed by atoms with Crippen molar-refractivity contribution in [2.45, 2.75) is 51.5 Å². The van der Waals surface area contributed by atoms with Gasteiger partial charge in [-0.15, -0.1) is 0 Å². The quantitative estimate of drug-likeness (QED) is 0.715. The van der Waals surface area contributed by atoms with Crippen LogP contribution in [-0.2, 0) is 11.2 Å². The lowest BCUT2D eigenvalue weighted by molar-refractivity contribution is -0.110. The molecule has 88 valence electrons. The van der Waals surface area contributed by atoms with Crippen LogP contribution < -0.4 is 0 Å². The highest BCUT2D eigenvalue weighted by atomic mass is 16.1. The van der Waals surface area contributed by atoms with E-state index in [9.17, 15) is 4.79 Å². The molecule has 3 heteroatoms. The van der Waals surface area contributed by atoms with E-state index in [1.54, 1.807) is 0 Å². The Bertz CT molecular complexity index is 339. The van der Waals surface area contributed by atoms with Crippen LogP contribution in [0.25, 0.3) is 0 Å². The minimum Gasteiger partial charge on any atom is -0.303 e. The Balaban J connectivity index is 1.89. The first-order chi connectivity index (χ1) is 7.79. The number of aromatic nitrogens is 2. The summed E-state index contributed by atoms with van der Waals surface area (Å²) in [6.45, 7) is 1.96. The maximum atomic E-state index is 10.5. The van der Waals surface area contributed by atoms with E-state index in [1.165, 1.54) is 25.7 Å². The van der Waals surface area contributed by atoms with Gasteiger partial charge in [-0.1, -0.05) is 19.8 Å². The van der Waals surface area contributed by atoms with E-state index in [1.807, 2.05) is 6.92 Å². The molecular weight excluding hydrogens is 200 g/mol. The van der Waals surface area contributed by atoms with Crippen LogP contribution in [-0.4, -0.2) is 16.1 Å². The maximum absolute atomic E-state index is 10.5. The second-order valence-corrected chi connectivity index (χ2v) is 4.88. The molecular formula is C13H20N2O. The number of aryl methyl sites for hydroxylation is 1. The summed E-state index contributed by atoms with van der Waals surface area (Å²) in [5.41, 5.74) is 1.13. The molecule has 0 aliphatic heterocycles.